The molecule has 5 unspecified atom stereocenters. The van der Waals surface area contributed by atoms with E-state index in [9.17, 15) is 19.8 Å². The molecule has 1 fully saturated rings. The molecule has 5 atom stereocenters. The number of fused-ring (bicyclic) bond motifs is 1. The number of aliphatic hydroxyl groups excluding tert-OH is 2. The maximum Gasteiger partial charge on any atom is 0.306 e. The monoisotopic (exact) mass is 268 g/mol. The number of Topliss-reactive ketones (excluding diaryl/α,β-unsaturated/α-hetero) is 1. The number of hydrogen-bond donors (Lipinski definition) is 3. The molecule has 0 radical (unpaired) electrons. The lowest BCUT2D eigenvalue weighted by Gasteiger charge is -2.40. The molecule has 104 valence electrons. The summed E-state index contributed by atoms with van der Waals surface area (Å²) in [6.07, 6.45) is -1.17. The van der Waals surface area contributed by atoms with Crippen molar-refractivity contribution in [3.8, 4) is 0 Å². The van der Waals surface area contributed by atoms with Crippen molar-refractivity contribution in [2.75, 3.05) is 0 Å². The van der Waals surface area contributed by atoms with Gasteiger partial charge in [0.1, 0.15) is 11.9 Å². The average molecular weight is 268 g/mol. The number of carboxylic acid groups (broad SMARTS) is 1. The summed E-state index contributed by atoms with van der Waals surface area (Å²) in [5.74, 6) is -2.18. The van der Waals surface area contributed by atoms with Crippen LogP contribution in [0.3, 0.4) is 0 Å². The van der Waals surface area contributed by atoms with Crippen molar-refractivity contribution < 1.29 is 29.6 Å². The van der Waals surface area contributed by atoms with Crippen LogP contribution in [0.1, 0.15) is 25.7 Å². The highest BCUT2D eigenvalue weighted by atomic mass is 16.5. The first-order valence-corrected chi connectivity index (χ1v) is 6.52. The lowest BCUT2D eigenvalue weighted by Crippen LogP contribution is -2.50. The summed E-state index contributed by atoms with van der Waals surface area (Å²) in [6, 6.07) is 0. The van der Waals surface area contributed by atoms with E-state index in [1.54, 1.807) is 0 Å². The van der Waals surface area contributed by atoms with Crippen molar-refractivity contribution in [2.24, 2.45) is 11.8 Å². The van der Waals surface area contributed by atoms with Gasteiger partial charge in [0, 0.05) is 6.42 Å². The summed E-state index contributed by atoms with van der Waals surface area (Å²) in [4.78, 5) is 23.4. The van der Waals surface area contributed by atoms with E-state index in [0.717, 1.165) is 0 Å². The Morgan fingerprint density at radius 3 is 2.68 bits per heavy atom. The second-order valence-electron chi connectivity index (χ2n) is 5.51. The molecular formula is C13H16O6. The van der Waals surface area contributed by atoms with E-state index in [2.05, 4.69) is 0 Å². The third-order valence-electron chi connectivity index (χ3n) is 4.35. The Morgan fingerprint density at radius 1 is 1.26 bits per heavy atom. The summed E-state index contributed by atoms with van der Waals surface area (Å²) >= 11 is 0. The third kappa shape index (κ3) is 1.86. The molecule has 0 aromatic carbocycles. The molecule has 0 aromatic rings. The maximum atomic E-state index is 12.3. The van der Waals surface area contributed by atoms with Crippen LogP contribution in [0.15, 0.2) is 11.3 Å². The number of rotatable bonds is 1. The van der Waals surface area contributed by atoms with Crippen molar-refractivity contribution in [3.63, 3.8) is 0 Å². The lowest BCUT2D eigenvalue weighted by atomic mass is 9.73. The minimum atomic E-state index is -1.02. The van der Waals surface area contributed by atoms with E-state index in [1.807, 2.05) is 0 Å². The van der Waals surface area contributed by atoms with Crippen LogP contribution in [0.2, 0.25) is 0 Å². The van der Waals surface area contributed by atoms with Gasteiger partial charge in [-0.3, -0.25) is 9.59 Å². The number of aliphatic hydroxyl groups is 2. The molecule has 0 bridgehead atoms. The predicted molar refractivity (Wildman–Crippen MR) is 62.0 cm³/mol. The average Bonchev–Trinajstić information content (AvgIpc) is 2.70. The first kappa shape index (κ1) is 12.6. The van der Waals surface area contributed by atoms with Gasteiger partial charge in [0.05, 0.1) is 29.6 Å². The van der Waals surface area contributed by atoms with Gasteiger partial charge in [-0.05, 0) is 19.3 Å². The fraction of sp³-hybridized carbons (Fsp3) is 0.692. The molecule has 0 amide bonds. The largest absolute Gasteiger partial charge is 0.493 e. The summed E-state index contributed by atoms with van der Waals surface area (Å²) < 4.78 is 5.68. The standard InChI is InChI=1S/C13H16O6/c14-6-1-2-8-10(6)12(16)11-7(15)3-5(13(17)18)4-9(11)19-8/h5-7,9,11,14-15H,1-4H2,(H,17,18). The Balaban J connectivity index is 1.90. The number of ketones is 1. The highest BCUT2D eigenvalue weighted by Crippen LogP contribution is 2.43. The molecule has 6 heteroatoms. The summed E-state index contributed by atoms with van der Waals surface area (Å²) in [6.45, 7) is 0. The summed E-state index contributed by atoms with van der Waals surface area (Å²) in [5.41, 5.74) is 0.286. The SMILES string of the molecule is O=C(O)C1CC(O)C2C(=O)C3=C(CCC3O)OC2C1. The van der Waals surface area contributed by atoms with Crippen LogP contribution >= 0.6 is 0 Å². The van der Waals surface area contributed by atoms with E-state index in [1.165, 1.54) is 0 Å². The van der Waals surface area contributed by atoms with E-state index in [0.29, 0.717) is 18.6 Å². The highest BCUT2D eigenvalue weighted by Gasteiger charge is 2.51. The highest BCUT2D eigenvalue weighted by molar-refractivity contribution is 6.00. The Hall–Kier alpha value is -1.40. The first-order chi connectivity index (χ1) is 8.99. The zero-order valence-corrected chi connectivity index (χ0v) is 10.3. The Morgan fingerprint density at radius 2 is 2.00 bits per heavy atom. The molecule has 3 aliphatic rings. The van der Waals surface area contributed by atoms with Crippen molar-refractivity contribution in [2.45, 2.75) is 44.0 Å². The second-order valence-corrected chi connectivity index (χ2v) is 5.51. The van der Waals surface area contributed by atoms with Crippen molar-refractivity contribution in [1.82, 2.24) is 0 Å². The van der Waals surface area contributed by atoms with Crippen LogP contribution in [-0.2, 0) is 14.3 Å². The molecule has 3 N–H and O–H groups in total. The minimum Gasteiger partial charge on any atom is -0.493 e. The summed E-state index contributed by atoms with van der Waals surface area (Å²) in [7, 11) is 0. The van der Waals surface area contributed by atoms with Crippen molar-refractivity contribution in [1.29, 1.82) is 0 Å². The third-order valence-corrected chi connectivity index (χ3v) is 4.35. The number of carbonyl (C=O) groups is 2. The molecule has 2 aliphatic carbocycles. The topological polar surface area (TPSA) is 104 Å². The first-order valence-electron chi connectivity index (χ1n) is 6.52. The van der Waals surface area contributed by atoms with E-state index < -0.39 is 36.1 Å². The number of hydrogen-bond acceptors (Lipinski definition) is 5. The Kier molecular flexibility index (Phi) is 2.87. The smallest absolute Gasteiger partial charge is 0.306 e. The van der Waals surface area contributed by atoms with Crippen LogP contribution in [-0.4, -0.2) is 45.4 Å². The zero-order valence-electron chi connectivity index (χ0n) is 10.3. The molecule has 19 heavy (non-hydrogen) atoms. The lowest BCUT2D eigenvalue weighted by molar-refractivity contribution is -0.155. The van der Waals surface area contributed by atoms with Gasteiger partial charge >= 0.3 is 5.97 Å². The van der Waals surface area contributed by atoms with Gasteiger partial charge in [0.25, 0.3) is 0 Å². The maximum absolute atomic E-state index is 12.3. The van der Waals surface area contributed by atoms with Gasteiger partial charge in [-0.15, -0.1) is 0 Å². The van der Waals surface area contributed by atoms with Crippen LogP contribution in [0.5, 0.6) is 0 Å². The molecule has 1 saturated carbocycles. The fourth-order valence-electron chi connectivity index (χ4n) is 3.39. The van der Waals surface area contributed by atoms with E-state index in [-0.39, 0.29) is 24.2 Å². The molecule has 1 heterocycles. The minimum absolute atomic E-state index is 0.0598. The normalized spacial score (nSPS) is 41.6. The number of carboxylic acids is 1. The molecule has 1 aliphatic heterocycles. The van der Waals surface area contributed by atoms with Crippen LogP contribution in [0.25, 0.3) is 0 Å². The molecule has 0 aromatic heterocycles. The number of ether oxygens (including phenoxy) is 1. The van der Waals surface area contributed by atoms with Gasteiger partial charge in [-0.2, -0.15) is 0 Å². The second kappa shape index (κ2) is 4.31. The van der Waals surface area contributed by atoms with E-state index >= 15 is 0 Å². The van der Waals surface area contributed by atoms with Gasteiger partial charge in [-0.25, -0.2) is 0 Å². The zero-order chi connectivity index (χ0) is 13.7. The molecule has 0 spiro atoms. The predicted octanol–water partition coefficient (Wildman–Crippen LogP) is -0.165. The Labute approximate surface area is 109 Å². The molecule has 3 rings (SSSR count). The van der Waals surface area contributed by atoms with Gasteiger partial charge in [-0.1, -0.05) is 0 Å². The fourth-order valence-corrected chi connectivity index (χ4v) is 3.39. The van der Waals surface area contributed by atoms with Crippen molar-refractivity contribution in [3.05, 3.63) is 11.3 Å². The van der Waals surface area contributed by atoms with Crippen molar-refractivity contribution >= 4 is 11.8 Å². The van der Waals surface area contributed by atoms with E-state index in [4.69, 9.17) is 9.84 Å². The Bertz CT molecular complexity index is 468. The van der Waals surface area contributed by atoms with Crippen LogP contribution < -0.4 is 0 Å². The summed E-state index contributed by atoms with van der Waals surface area (Å²) in [5, 5.41) is 28.8. The molecular weight excluding hydrogens is 252 g/mol. The molecule has 0 saturated heterocycles. The van der Waals surface area contributed by atoms with Gasteiger partial charge < -0.3 is 20.1 Å². The molecule has 6 nitrogen and oxygen atoms in total. The number of carbonyl (C=O) groups excluding carboxylic acids is 1. The van der Waals surface area contributed by atoms with Crippen LogP contribution in [0.4, 0.5) is 0 Å². The van der Waals surface area contributed by atoms with Gasteiger partial charge in [0.15, 0.2) is 5.78 Å². The number of aliphatic carboxylic acids is 1. The van der Waals surface area contributed by atoms with Gasteiger partial charge in [0.2, 0.25) is 0 Å². The van der Waals surface area contributed by atoms with Crippen LogP contribution in [0, 0.1) is 11.8 Å². The quantitative estimate of drug-likeness (QED) is 0.610. The number of allylic oxidation sites excluding steroid dienone is 1.